The Hall–Kier alpha value is -1.97. The monoisotopic (exact) mass is 320 g/mol. The van der Waals surface area contributed by atoms with E-state index in [0.717, 1.165) is 10.8 Å². The number of rotatable bonds is 6. The smallest absolute Gasteiger partial charge is 0.230 e. The first kappa shape index (κ1) is 15.4. The van der Waals surface area contributed by atoms with Crippen molar-refractivity contribution in [2.45, 2.75) is 11.6 Å². The van der Waals surface area contributed by atoms with Crippen molar-refractivity contribution in [3.05, 3.63) is 41.7 Å². The van der Waals surface area contributed by atoms with Crippen LogP contribution in [0.25, 0.3) is 5.69 Å². The molecule has 0 aliphatic rings. The molecule has 0 saturated heterocycles. The summed E-state index contributed by atoms with van der Waals surface area (Å²) < 4.78 is 1.89. The lowest BCUT2D eigenvalue weighted by Gasteiger charge is -2.07. The average Bonchev–Trinajstić information content (AvgIpc) is 2.95. The molecule has 1 N–H and O–H groups in total. The third-order valence-electron chi connectivity index (χ3n) is 2.60. The average molecular weight is 321 g/mol. The Bertz CT molecular complexity index is 648. The number of amides is 1. The molecule has 0 unspecified atom stereocenters. The normalized spacial score (nSPS) is 10.1. The van der Waals surface area contributed by atoms with E-state index < -0.39 is 0 Å². The Morgan fingerprint density at radius 1 is 1.43 bits per heavy atom. The van der Waals surface area contributed by atoms with Crippen LogP contribution in [0.3, 0.4) is 0 Å². The second-order valence-corrected chi connectivity index (χ2v) is 5.48. The summed E-state index contributed by atoms with van der Waals surface area (Å²) >= 11 is 7.21. The van der Waals surface area contributed by atoms with Crippen molar-refractivity contribution >= 4 is 29.3 Å². The number of thioether (sulfide) groups is 1. The Labute approximate surface area is 131 Å². The molecule has 108 valence electrons. The zero-order valence-corrected chi connectivity index (χ0v) is 12.7. The van der Waals surface area contributed by atoms with Crippen molar-refractivity contribution in [2.75, 3.05) is 12.3 Å². The van der Waals surface area contributed by atoms with Gasteiger partial charge in [0.05, 0.1) is 18.2 Å². The van der Waals surface area contributed by atoms with E-state index in [4.69, 9.17) is 16.9 Å². The second-order valence-electron chi connectivity index (χ2n) is 4.10. The molecule has 1 aromatic carbocycles. The minimum absolute atomic E-state index is 0.110. The van der Waals surface area contributed by atoms with Gasteiger partial charge in [-0.05, 0) is 24.3 Å². The van der Waals surface area contributed by atoms with Crippen LogP contribution in [-0.4, -0.2) is 27.8 Å². The minimum Gasteiger partial charge on any atom is -0.354 e. The van der Waals surface area contributed by atoms with Gasteiger partial charge >= 0.3 is 0 Å². The quantitative estimate of drug-likeness (QED) is 0.656. The van der Waals surface area contributed by atoms with Gasteiger partial charge in [0.15, 0.2) is 5.16 Å². The zero-order chi connectivity index (χ0) is 15.1. The van der Waals surface area contributed by atoms with Crippen molar-refractivity contribution in [1.82, 2.24) is 14.9 Å². The maximum Gasteiger partial charge on any atom is 0.230 e. The van der Waals surface area contributed by atoms with Gasteiger partial charge in [-0.2, -0.15) is 5.26 Å². The fourth-order valence-corrected chi connectivity index (χ4v) is 2.56. The Balaban J connectivity index is 1.96. The van der Waals surface area contributed by atoms with Crippen LogP contribution in [-0.2, 0) is 4.79 Å². The number of halogens is 1. The number of carbonyl (C=O) groups is 1. The third-order valence-corrected chi connectivity index (χ3v) is 3.82. The van der Waals surface area contributed by atoms with Gasteiger partial charge in [-0.15, -0.1) is 0 Å². The van der Waals surface area contributed by atoms with E-state index in [1.165, 1.54) is 11.8 Å². The van der Waals surface area contributed by atoms with Crippen molar-refractivity contribution in [3.63, 3.8) is 0 Å². The highest BCUT2D eigenvalue weighted by atomic mass is 35.5. The first-order chi connectivity index (χ1) is 10.2. The van der Waals surface area contributed by atoms with Crippen LogP contribution in [0.5, 0.6) is 0 Å². The lowest BCUT2D eigenvalue weighted by atomic mass is 10.3. The standard InChI is InChI=1S/C14H13ClN4OS/c15-11-2-4-12(5-3-11)19-9-8-18-14(19)21-10-13(20)17-7-1-6-16/h2-5,8-9H,1,7,10H2,(H,17,20). The number of hydrogen-bond donors (Lipinski definition) is 1. The molecule has 5 nitrogen and oxygen atoms in total. The molecule has 7 heteroatoms. The zero-order valence-electron chi connectivity index (χ0n) is 11.1. The highest BCUT2D eigenvalue weighted by Gasteiger charge is 2.08. The molecule has 21 heavy (non-hydrogen) atoms. The van der Waals surface area contributed by atoms with Gasteiger partial charge in [0.25, 0.3) is 0 Å². The minimum atomic E-state index is -0.110. The van der Waals surface area contributed by atoms with Crippen molar-refractivity contribution in [3.8, 4) is 11.8 Å². The maximum absolute atomic E-state index is 11.6. The largest absolute Gasteiger partial charge is 0.354 e. The van der Waals surface area contributed by atoms with Crippen molar-refractivity contribution < 1.29 is 4.79 Å². The van der Waals surface area contributed by atoms with Crippen LogP contribution in [0.15, 0.2) is 41.8 Å². The Morgan fingerprint density at radius 2 is 2.19 bits per heavy atom. The van der Waals surface area contributed by atoms with Gasteiger partial charge in [-0.25, -0.2) is 4.98 Å². The first-order valence-electron chi connectivity index (χ1n) is 6.26. The molecule has 1 heterocycles. The summed E-state index contributed by atoms with van der Waals surface area (Å²) in [5.41, 5.74) is 0.935. The number of hydrogen-bond acceptors (Lipinski definition) is 4. The van der Waals surface area contributed by atoms with E-state index in [-0.39, 0.29) is 11.7 Å². The molecular weight excluding hydrogens is 308 g/mol. The van der Waals surface area contributed by atoms with E-state index in [0.29, 0.717) is 18.0 Å². The predicted molar refractivity (Wildman–Crippen MR) is 82.5 cm³/mol. The summed E-state index contributed by atoms with van der Waals surface area (Å²) in [6.45, 7) is 0.377. The maximum atomic E-state index is 11.6. The molecule has 0 aliphatic heterocycles. The first-order valence-corrected chi connectivity index (χ1v) is 7.63. The molecule has 0 radical (unpaired) electrons. The van der Waals surface area contributed by atoms with Crippen LogP contribution in [0.2, 0.25) is 5.02 Å². The summed E-state index contributed by atoms with van der Waals surface area (Å²) in [4.78, 5) is 15.9. The summed E-state index contributed by atoms with van der Waals surface area (Å²) in [6.07, 6.45) is 3.83. The van der Waals surface area contributed by atoms with Gasteiger partial charge in [0, 0.05) is 29.6 Å². The molecule has 0 spiro atoms. The molecule has 0 aliphatic carbocycles. The van der Waals surface area contributed by atoms with Crippen LogP contribution >= 0.6 is 23.4 Å². The highest BCUT2D eigenvalue weighted by Crippen LogP contribution is 2.21. The topological polar surface area (TPSA) is 70.7 Å². The summed E-state index contributed by atoms with van der Waals surface area (Å²) in [5, 5.41) is 12.5. The lowest BCUT2D eigenvalue weighted by Crippen LogP contribution is -2.26. The van der Waals surface area contributed by atoms with E-state index in [1.807, 2.05) is 29.0 Å². The molecule has 2 rings (SSSR count). The number of nitriles is 1. The van der Waals surface area contributed by atoms with Crippen molar-refractivity contribution in [1.29, 1.82) is 5.26 Å². The predicted octanol–water partition coefficient (Wildman–Crippen LogP) is 2.65. The van der Waals surface area contributed by atoms with Gasteiger partial charge in [-0.3, -0.25) is 9.36 Å². The third kappa shape index (κ3) is 4.52. The number of imidazole rings is 1. The second kappa shape index (κ2) is 7.72. The molecule has 2 aromatic rings. The lowest BCUT2D eigenvalue weighted by molar-refractivity contribution is -0.118. The van der Waals surface area contributed by atoms with Crippen LogP contribution in [0.1, 0.15) is 6.42 Å². The molecule has 1 aromatic heterocycles. The Kier molecular flexibility index (Phi) is 5.67. The highest BCUT2D eigenvalue weighted by molar-refractivity contribution is 7.99. The number of nitrogens with one attached hydrogen (secondary N) is 1. The van der Waals surface area contributed by atoms with Crippen LogP contribution in [0.4, 0.5) is 0 Å². The Morgan fingerprint density at radius 3 is 2.90 bits per heavy atom. The van der Waals surface area contributed by atoms with Crippen molar-refractivity contribution in [2.24, 2.45) is 0 Å². The van der Waals surface area contributed by atoms with E-state index in [9.17, 15) is 4.79 Å². The number of benzene rings is 1. The van der Waals surface area contributed by atoms with Gasteiger partial charge in [0.1, 0.15) is 0 Å². The summed E-state index contributed by atoms with van der Waals surface area (Å²) in [6, 6.07) is 9.37. The fraction of sp³-hybridized carbons (Fsp3) is 0.214. The molecule has 0 atom stereocenters. The van der Waals surface area contributed by atoms with E-state index in [2.05, 4.69) is 10.3 Å². The molecule has 1 amide bonds. The number of nitrogens with zero attached hydrogens (tertiary/aromatic N) is 3. The molecule has 0 bridgehead atoms. The fourth-order valence-electron chi connectivity index (χ4n) is 1.63. The van der Waals surface area contributed by atoms with Crippen LogP contribution in [0, 0.1) is 11.3 Å². The SMILES string of the molecule is N#CCCNC(=O)CSc1nccn1-c1ccc(Cl)cc1. The van der Waals surface area contributed by atoms with E-state index >= 15 is 0 Å². The summed E-state index contributed by atoms with van der Waals surface area (Å²) in [7, 11) is 0. The van der Waals surface area contributed by atoms with E-state index in [1.54, 1.807) is 18.3 Å². The van der Waals surface area contributed by atoms with Gasteiger partial charge in [0.2, 0.25) is 5.91 Å². The molecular formula is C14H13ClN4OS. The number of aromatic nitrogens is 2. The van der Waals surface area contributed by atoms with Crippen LogP contribution < -0.4 is 5.32 Å². The summed E-state index contributed by atoms with van der Waals surface area (Å²) in [5.74, 6) is 0.150. The molecule has 0 saturated carbocycles. The van der Waals surface area contributed by atoms with Gasteiger partial charge < -0.3 is 5.32 Å². The van der Waals surface area contributed by atoms with Gasteiger partial charge in [-0.1, -0.05) is 23.4 Å². The number of carbonyl (C=O) groups excluding carboxylic acids is 1. The molecule has 0 fully saturated rings.